The quantitative estimate of drug-likeness (QED) is 0.402. The number of aliphatic hydroxyl groups is 1. The number of methoxy groups -OCH3 is 1. The fraction of sp³-hybridized carbons (Fsp3) is 0.286. The second-order valence-electron chi connectivity index (χ2n) is 6.39. The van der Waals surface area contributed by atoms with Crippen molar-refractivity contribution < 1.29 is 24.5 Å². The van der Waals surface area contributed by atoms with Crippen LogP contribution in [0.1, 0.15) is 11.1 Å². The normalized spacial score (nSPS) is 11.7. The van der Waals surface area contributed by atoms with Crippen molar-refractivity contribution in [3.8, 4) is 11.5 Å². The molecule has 1 atom stereocenters. The van der Waals surface area contributed by atoms with E-state index >= 15 is 0 Å². The number of nitrogens with one attached hydrogen (secondary N) is 2. The molecule has 1 unspecified atom stereocenters. The molecule has 7 nitrogen and oxygen atoms in total. The molecule has 2 aromatic carbocycles. The molecule has 0 amide bonds. The zero-order valence-corrected chi connectivity index (χ0v) is 16.9. The van der Waals surface area contributed by atoms with Gasteiger partial charge in [0.25, 0.3) is 0 Å². The van der Waals surface area contributed by atoms with Gasteiger partial charge in [-0.1, -0.05) is 24.3 Å². The van der Waals surface area contributed by atoms with Crippen molar-refractivity contribution in [2.45, 2.75) is 19.0 Å². The zero-order valence-electron chi connectivity index (χ0n) is 16.1. The molecule has 1 aromatic heterocycles. The molecule has 3 aromatic rings. The van der Waals surface area contributed by atoms with E-state index in [1.807, 2.05) is 36.5 Å². The van der Waals surface area contributed by atoms with Gasteiger partial charge in [-0.2, -0.15) is 0 Å². The standard InChI is InChI=1S/C21H24N2O5.ClH/c1-27-20-10-14(6-7-19(20)28-9-8-24)12-22-18(21(25)26)11-15-13-23-17-5-3-2-4-16(15)17;/h2-7,10,13,18,22-24H,8-9,11-12H2,1H3,(H,25,26);1H. The van der Waals surface area contributed by atoms with E-state index in [2.05, 4.69) is 10.3 Å². The van der Waals surface area contributed by atoms with Crippen molar-refractivity contribution in [3.05, 3.63) is 59.8 Å². The lowest BCUT2D eigenvalue weighted by Crippen LogP contribution is -2.38. The number of aromatic amines is 1. The van der Waals surface area contributed by atoms with E-state index in [0.717, 1.165) is 22.0 Å². The molecule has 0 aliphatic rings. The van der Waals surface area contributed by atoms with Crippen molar-refractivity contribution in [3.63, 3.8) is 0 Å². The van der Waals surface area contributed by atoms with Gasteiger partial charge in [-0.3, -0.25) is 4.79 Å². The molecule has 0 aliphatic heterocycles. The summed E-state index contributed by atoms with van der Waals surface area (Å²) in [5, 5.41) is 22.6. The van der Waals surface area contributed by atoms with Gasteiger partial charge in [-0.15, -0.1) is 12.4 Å². The Bertz CT molecular complexity index is 944. The van der Waals surface area contributed by atoms with Crippen LogP contribution in [0.2, 0.25) is 0 Å². The third-order valence-electron chi connectivity index (χ3n) is 4.53. The van der Waals surface area contributed by atoms with Gasteiger partial charge < -0.3 is 30.0 Å². The molecule has 4 N–H and O–H groups in total. The summed E-state index contributed by atoms with van der Waals surface area (Å²) in [5.74, 6) is 0.172. The van der Waals surface area contributed by atoms with Crippen LogP contribution in [0.5, 0.6) is 11.5 Å². The number of carboxylic acids is 1. The zero-order chi connectivity index (χ0) is 19.9. The SMILES string of the molecule is COc1cc(CNC(Cc2c[nH]c3ccccc23)C(=O)O)ccc1OCCO.Cl. The van der Waals surface area contributed by atoms with Crippen LogP contribution in [-0.2, 0) is 17.8 Å². The van der Waals surface area contributed by atoms with Crippen molar-refractivity contribution >= 4 is 29.3 Å². The number of hydrogen-bond acceptors (Lipinski definition) is 5. The summed E-state index contributed by atoms with van der Waals surface area (Å²) in [5.41, 5.74) is 2.82. The second kappa shape index (κ2) is 10.7. The number of ether oxygens (including phenoxy) is 2. The molecule has 0 saturated carbocycles. The van der Waals surface area contributed by atoms with Crippen LogP contribution in [0.15, 0.2) is 48.7 Å². The first-order valence-electron chi connectivity index (χ1n) is 9.04. The molecule has 156 valence electrons. The van der Waals surface area contributed by atoms with E-state index in [-0.39, 0.29) is 25.6 Å². The maximum atomic E-state index is 11.7. The topological polar surface area (TPSA) is 104 Å². The summed E-state index contributed by atoms with van der Waals surface area (Å²) in [7, 11) is 1.54. The number of para-hydroxylation sites is 1. The highest BCUT2D eigenvalue weighted by molar-refractivity contribution is 5.85. The summed E-state index contributed by atoms with van der Waals surface area (Å²) < 4.78 is 10.7. The summed E-state index contributed by atoms with van der Waals surface area (Å²) in [6.45, 7) is 0.468. The minimum atomic E-state index is -0.903. The van der Waals surface area contributed by atoms with Gasteiger partial charge >= 0.3 is 5.97 Å². The van der Waals surface area contributed by atoms with Gasteiger partial charge in [-0.05, 0) is 29.3 Å². The summed E-state index contributed by atoms with van der Waals surface area (Å²) >= 11 is 0. The number of aliphatic hydroxyl groups excluding tert-OH is 1. The lowest BCUT2D eigenvalue weighted by Gasteiger charge is -2.16. The van der Waals surface area contributed by atoms with Crippen LogP contribution >= 0.6 is 12.4 Å². The van der Waals surface area contributed by atoms with Gasteiger partial charge in [0.15, 0.2) is 11.5 Å². The molecule has 3 rings (SSSR count). The molecular weight excluding hydrogens is 396 g/mol. The maximum Gasteiger partial charge on any atom is 0.321 e. The first-order chi connectivity index (χ1) is 13.6. The molecule has 0 aliphatic carbocycles. The fourth-order valence-corrected chi connectivity index (χ4v) is 3.11. The predicted octanol–water partition coefficient (Wildman–Crippen LogP) is 2.75. The Kier molecular flexibility index (Phi) is 8.33. The Morgan fingerprint density at radius 1 is 1.21 bits per heavy atom. The Balaban J connectivity index is 0.00000300. The van der Waals surface area contributed by atoms with Crippen LogP contribution in [0.25, 0.3) is 10.9 Å². The van der Waals surface area contributed by atoms with Gasteiger partial charge in [0.05, 0.1) is 13.7 Å². The van der Waals surface area contributed by atoms with Gasteiger partial charge in [-0.25, -0.2) is 0 Å². The van der Waals surface area contributed by atoms with Gasteiger partial charge in [0, 0.05) is 30.1 Å². The number of halogens is 1. The van der Waals surface area contributed by atoms with E-state index in [1.54, 1.807) is 12.1 Å². The van der Waals surface area contributed by atoms with Gasteiger partial charge in [0.1, 0.15) is 12.6 Å². The number of benzene rings is 2. The van der Waals surface area contributed by atoms with Crippen LogP contribution < -0.4 is 14.8 Å². The van der Waals surface area contributed by atoms with E-state index in [1.165, 1.54) is 7.11 Å². The molecule has 0 fully saturated rings. The van der Waals surface area contributed by atoms with Crippen LogP contribution in [0.3, 0.4) is 0 Å². The Morgan fingerprint density at radius 3 is 2.72 bits per heavy atom. The number of aliphatic carboxylic acids is 1. The minimum Gasteiger partial charge on any atom is -0.493 e. The number of hydrogen-bond donors (Lipinski definition) is 4. The molecule has 0 spiro atoms. The molecule has 0 radical (unpaired) electrons. The lowest BCUT2D eigenvalue weighted by atomic mass is 10.0. The van der Waals surface area contributed by atoms with E-state index < -0.39 is 12.0 Å². The minimum absolute atomic E-state index is 0. The number of rotatable bonds is 10. The third kappa shape index (κ3) is 5.63. The first kappa shape index (κ1) is 22.5. The maximum absolute atomic E-state index is 11.7. The highest BCUT2D eigenvalue weighted by Gasteiger charge is 2.19. The average molecular weight is 421 g/mol. The van der Waals surface area contributed by atoms with Gasteiger partial charge in [0.2, 0.25) is 0 Å². The smallest absolute Gasteiger partial charge is 0.321 e. The van der Waals surface area contributed by atoms with E-state index in [0.29, 0.717) is 24.5 Å². The molecule has 0 saturated heterocycles. The van der Waals surface area contributed by atoms with Crippen molar-refractivity contribution in [1.29, 1.82) is 0 Å². The summed E-state index contributed by atoms with van der Waals surface area (Å²) in [4.78, 5) is 14.9. The highest BCUT2D eigenvalue weighted by atomic mass is 35.5. The predicted molar refractivity (Wildman–Crippen MR) is 113 cm³/mol. The average Bonchev–Trinajstić information content (AvgIpc) is 3.12. The monoisotopic (exact) mass is 420 g/mol. The second-order valence-corrected chi connectivity index (χ2v) is 6.39. The molecule has 0 bridgehead atoms. The Morgan fingerprint density at radius 2 is 2.00 bits per heavy atom. The highest BCUT2D eigenvalue weighted by Crippen LogP contribution is 2.28. The molecule has 29 heavy (non-hydrogen) atoms. The van der Waals surface area contributed by atoms with Crippen LogP contribution in [0, 0.1) is 0 Å². The van der Waals surface area contributed by atoms with Crippen molar-refractivity contribution in [2.75, 3.05) is 20.3 Å². The molecular formula is C21H25ClN2O5. The van der Waals surface area contributed by atoms with Crippen LogP contribution in [-0.4, -0.2) is 47.5 Å². The molecule has 1 heterocycles. The largest absolute Gasteiger partial charge is 0.493 e. The van der Waals surface area contributed by atoms with Crippen LogP contribution in [0.4, 0.5) is 0 Å². The Labute approximate surface area is 175 Å². The third-order valence-corrected chi connectivity index (χ3v) is 4.53. The van der Waals surface area contributed by atoms with Crippen molar-refractivity contribution in [2.24, 2.45) is 0 Å². The fourth-order valence-electron chi connectivity index (χ4n) is 3.11. The van der Waals surface area contributed by atoms with Crippen molar-refractivity contribution in [1.82, 2.24) is 10.3 Å². The Hall–Kier alpha value is -2.74. The summed E-state index contributed by atoms with van der Waals surface area (Å²) in [6.07, 6.45) is 2.23. The first-order valence-corrected chi connectivity index (χ1v) is 9.04. The number of fused-ring (bicyclic) bond motifs is 1. The molecule has 8 heteroatoms. The lowest BCUT2D eigenvalue weighted by molar-refractivity contribution is -0.139. The number of aromatic nitrogens is 1. The number of carboxylic acid groups (broad SMARTS) is 1. The van der Waals surface area contributed by atoms with E-state index in [4.69, 9.17) is 14.6 Å². The number of H-pyrrole nitrogens is 1. The summed E-state index contributed by atoms with van der Waals surface area (Å²) in [6, 6.07) is 12.5. The number of carbonyl (C=O) groups is 1. The van der Waals surface area contributed by atoms with E-state index in [9.17, 15) is 9.90 Å².